The van der Waals surface area contributed by atoms with Gasteiger partial charge in [-0.1, -0.05) is 18.5 Å². The van der Waals surface area contributed by atoms with Crippen molar-refractivity contribution >= 4 is 23.1 Å². The SMILES string of the molecule is CC1CC(=O)C=C(Nc2ccc(Cl)cc2)C1. The standard InChI is InChI=1S/C13H14ClNO/c1-9-6-12(8-13(16)7-9)15-11-4-2-10(14)3-5-11/h2-5,8-9,15H,6-7H2,1H3. The van der Waals surface area contributed by atoms with E-state index in [4.69, 9.17) is 11.6 Å². The number of rotatable bonds is 2. The molecule has 84 valence electrons. The number of benzene rings is 1. The summed E-state index contributed by atoms with van der Waals surface area (Å²) in [7, 11) is 0. The Morgan fingerprint density at radius 3 is 2.56 bits per heavy atom. The molecule has 0 spiro atoms. The average molecular weight is 236 g/mol. The fraction of sp³-hybridized carbons (Fsp3) is 0.308. The third-order valence-electron chi connectivity index (χ3n) is 2.60. The molecule has 16 heavy (non-hydrogen) atoms. The van der Waals surface area contributed by atoms with Gasteiger partial charge in [-0.15, -0.1) is 0 Å². The lowest BCUT2D eigenvalue weighted by molar-refractivity contribution is -0.115. The maximum atomic E-state index is 11.4. The Balaban J connectivity index is 2.09. The van der Waals surface area contributed by atoms with E-state index >= 15 is 0 Å². The summed E-state index contributed by atoms with van der Waals surface area (Å²) < 4.78 is 0. The van der Waals surface area contributed by atoms with Crippen LogP contribution >= 0.6 is 11.6 Å². The Bertz CT molecular complexity index is 422. The van der Waals surface area contributed by atoms with E-state index in [1.54, 1.807) is 6.08 Å². The Morgan fingerprint density at radius 1 is 1.25 bits per heavy atom. The van der Waals surface area contributed by atoms with Gasteiger partial charge < -0.3 is 5.32 Å². The molecule has 0 amide bonds. The third kappa shape index (κ3) is 2.86. The number of hydrogen-bond donors (Lipinski definition) is 1. The molecule has 0 saturated carbocycles. The average Bonchev–Trinajstić information content (AvgIpc) is 2.20. The highest BCUT2D eigenvalue weighted by Gasteiger charge is 2.16. The first-order chi connectivity index (χ1) is 7.63. The molecule has 0 bridgehead atoms. The topological polar surface area (TPSA) is 29.1 Å². The van der Waals surface area contributed by atoms with Gasteiger partial charge in [0, 0.05) is 28.9 Å². The van der Waals surface area contributed by atoms with Crippen LogP contribution < -0.4 is 5.32 Å². The first-order valence-corrected chi connectivity index (χ1v) is 5.77. The van der Waals surface area contributed by atoms with Gasteiger partial charge in [0.15, 0.2) is 5.78 Å². The van der Waals surface area contributed by atoms with E-state index in [0.717, 1.165) is 17.8 Å². The molecule has 1 aromatic carbocycles. The second-order valence-electron chi connectivity index (χ2n) is 4.28. The number of allylic oxidation sites excluding steroid dienone is 2. The van der Waals surface area contributed by atoms with E-state index in [1.165, 1.54) is 0 Å². The van der Waals surface area contributed by atoms with Gasteiger partial charge in [0.05, 0.1) is 0 Å². The summed E-state index contributed by atoms with van der Waals surface area (Å²) >= 11 is 5.80. The van der Waals surface area contributed by atoms with Gasteiger partial charge in [0.2, 0.25) is 0 Å². The molecule has 1 unspecified atom stereocenters. The number of anilines is 1. The molecule has 0 fully saturated rings. The summed E-state index contributed by atoms with van der Waals surface area (Å²) in [6.07, 6.45) is 3.29. The molecular weight excluding hydrogens is 222 g/mol. The van der Waals surface area contributed by atoms with Crippen molar-refractivity contribution in [2.45, 2.75) is 19.8 Å². The third-order valence-corrected chi connectivity index (χ3v) is 2.85. The minimum absolute atomic E-state index is 0.204. The van der Waals surface area contributed by atoms with E-state index < -0.39 is 0 Å². The monoisotopic (exact) mass is 235 g/mol. The predicted molar refractivity (Wildman–Crippen MR) is 66.6 cm³/mol. The van der Waals surface area contributed by atoms with Gasteiger partial charge in [-0.25, -0.2) is 0 Å². The van der Waals surface area contributed by atoms with Crippen LogP contribution in [-0.2, 0) is 4.79 Å². The molecule has 1 aliphatic rings. The molecule has 2 nitrogen and oxygen atoms in total. The zero-order valence-electron chi connectivity index (χ0n) is 9.16. The molecule has 1 atom stereocenters. The van der Waals surface area contributed by atoms with Gasteiger partial charge in [0.25, 0.3) is 0 Å². The van der Waals surface area contributed by atoms with Crippen LogP contribution in [0.4, 0.5) is 5.69 Å². The number of ketones is 1. The van der Waals surface area contributed by atoms with Crippen LogP contribution in [0.3, 0.4) is 0 Å². The summed E-state index contributed by atoms with van der Waals surface area (Å²) in [6.45, 7) is 2.09. The van der Waals surface area contributed by atoms with Crippen LogP contribution in [0.5, 0.6) is 0 Å². The van der Waals surface area contributed by atoms with Gasteiger partial charge in [0.1, 0.15) is 0 Å². The number of carbonyl (C=O) groups is 1. The second-order valence-corrected chi connectivity index (χ2v) is 4.72. The lowest BCUT2D eigenvalue weighted by atomic mass is 9.93. The molecule has 3 heteroatoms. The van der Waals surface area contributed by atoms with Crippen molar-refractivity contribution in [2.75, 3.05) is 5.32 Å². The predicted octanol–water partition coefficient (Wildman–Crippen LogP) is 3.63. The highest BCUT2D eigenvalue weighted by Crippen LogP contribution is 2.23. The van der Waals surface area contributed by atoms with E-state index in [-0.39, 0.29) is 5.78 Å². The summed E-state index contributed by atoms with van der Waals surface area (Å²) in [5.74, 6) is 0.627. The first-order valence-electron chi connectivity index (χ1n) is 5.39. The van der Waals surface area contributed by atoms with Crippen molar-refractivity contribution in [2.24, 2.45) is 5.92 Å². The Hall–Kier alpha value is -1.28. The largest absolute Gasteiger partial charge is 0.359 e. The highest BCUT2D eigenvalue weighted by molar-refractivity contribution is 6.30. The fourth-order valence-corrected chi connectivity index (χ4v) is 2.03. The highest BCUT2D eigenvalue weighted by atomic mass is 35.5. The molecule has 0 aromatic heterocycles. The quantitative estimate of drug-likeness (QED) is 0.848. The normalized spacial score (nSPS) is 20.5. The summed E-state index contributed by atoms with van der Waals surface area (Å²) in [4.78, 5) is 11.4. The molecule has 1 N–H and O–H groups in total. The summed E-state index contributed by atoms with van der Waals surface area (Å²) in [5.41, 5.74) is 1.96. The van der Waals surface area contributed by atoms with Crippen molar-refractivity contribution in [3.63, 3.8) is 0 Å². The summed E-state index contributed by atoms with van der Waals surface area (Å²) in [5, 5.41) is 3.97. The van der Waals surface area contributed by atoms with Crippen LogP contribution in [0.15, 0.2) is 36.0 Å². The molecule has 0 heterocycles. The van der Waals surface area contributed by atoms with Crippen LogP contribution in [0.2, 0.25) is 5.02 Å². The van der Waals surface area contributed by atoms with Crippen LogP contribution in [0.1, 0.15) is 19.8 Å². The maximum Gasteiger partial charge on any atom is 0.157 e. The minimum Gasteiger partial charge on any atom is -0.359 e. The van der Waals surface area contributed by atoms with Crippen LogP contribution in [-0.4, -0.2) is 5.78 Å². The first kappa shape index (κ1) is 11.2. The number of hydrogen-bond acceptors (Lipinski definition) is 2. The van der Waals surface area contributed by atoms with Crippen molar-refractivity contribution in [3.8, 4) is 0 Å². The lowest BCUT2D eigenvalue weighted by Gasteiger charge is -2.19. The smallest absolute Gasteiger partial charge is 0.157 e. The Labute approximate surface area is 100 Å². The summed E-state index contributed by atoms with van der Waals surface area (Å²) in [6, 6.07) is 7.48. The van der Waals surface area contributed by atoms with Gasteiger partial charge >= 0.3 is 0 Å². The van der Waals surface area contributed by atoms with Crippen LogP contribution in [0.25, 0.3) is 0 Å². The van der Waals surface area contributed by atoms with E-state index in [0.29, 0.717) is 17.4 Å². The lowest BCUT2D eigenvalue weighted by Crippen LogP contribution is -2.15. The number of halogens is 1. The fourth-order valence-electron chi connectivity index (χ4n) is 1.91. The molecule has 0 aliphatic heterocycles. The van der Waals surface area contributed by atoms with Gasteiger partial charge in [-0.05, 0) is 36.6 Å². The van der Waals surface area contributed by atoms with Crippen molar-refractivity contribution in [1.82, 2.24) is 0 Å². The molecular formula is C13H14ClNO. The second kappa shape index (κ2) is 4.71. The molecule has 2 rings (SSSR count). The van der Waals surface area contributed by atoms with Crippen molar-refractivity contribution in [1.29, 1.82) is 0 Å². The number of carbonyl (C=O) groups excluding carboxylic acids is 1. The Morgan fingerprint density at radius 2 is 1.94 bits per heavy atom. The number of nitrogens with one attached hydrogen (secondary N) is 1. The maximum absolute atomic E-state index is 11.4. The van der Waals surface area contributed by atoms with E-state index in [2.05, 4.69) is 12.2 Å². The zero-order chi connectivity index (χ0) is 11.5. The van der Waals surface area contributed by atoms with Crippen molar-refractivity contribution < 1.29 is 4.79 Å². The van der Waals surface area contributed by atoms with Gasteiger partial charge in [-0.3, -0.25) is 4.79 Å². The molecule has 1 aromatic rings. The molecule has 0 radical (unpaired) electrons. The zero-order valence-corrected chi connectivity index (χ0v) is 9.92. The van der Waals surface area contributed by atoms with E-state index in [9.17, 15) is 4.79 Å². The minimum atomic E-state index is 0.204. The molecule has 1 aliphatic carbocycles. The molecule has 0 saturated heterocycles. The van der Waals surface area contributed by atoms with Gasteiger partial charge in [-0.2, -0.15) is 0 Å². The van der Waals surface area contributed by atoms with E-state index in [1.807, 2.05) is 24.3 Å². The van der Waals surface area contributed by atoms with Crippen LogP contribution in [0, 0.1) is 5.92 Å². The van der Waals surface area contributed by atoms with Crippen molar-refractivity contribution in [3.05, 3.63) is 41.1 Å². The Kier molecular flexibility index (Phi) is 3.30.